The Morgan fingerprint density at radius 2 is 1.73 bits per heavy atom. The molecule has 44 heavy (non-hydrogen) atoms. The number of carbonyl (C=O) groups is 3. The van der Waals surface area contributed by atoms with Gasteiger partial charge in [0.05, 0.1) is 26.4 Å². The molecule has 0 N–H and O–H groups in total. The molecular weight excluding hydrogens is 592 g/mol. The number of halogens is 2. The van der Waals surface area contributed by atoms with Gasteiger partial charge in [0.1, 0.15) is 18.1 Å². The van der Waals surface area contributed by atoms with Crippen molar-refractivity contribution in [2.45, 2.75) is 58.5 Å². The molecule has 1 aromatic heterocycles. The Kier molecular flexibility index (Phi) is 11.7. The minimum Gasteiger partial charge on any atom is -0.493 e. The summed E-state index contributed by atoms with van der Waals surface area (Å²) in [7, 11) is 0. The van der Waals surface area contributed by atoms with Crippen LogP contribution in [0.3, 0.4) is 0 Å². The average molecular weight is 630 g/mol. The van der Waals surface area contributed by atoms with Gasteiger partial charge < -0.3 is 23.8 Å². The molecule has 0 saturated carbocycles. The van der Waals surface area contributed by atoms with E-state index < -0.39 is 18.4 Å². The Balaban J connectivity index is 1.55. The van der Waals surface area contributed by atoms with Crippen LogP contribution in [0.4, 0.5) is 8.78 Å². The highest BCUT2D eigenvalue weighted by molar-refractivity contribution is 7.08. The van der Waals surface area contributed by atoms with E-state index in [1.165, 1.54) is 16.2 Å². The smallest absolute Gasteiger partial charge is 0.306 e. The molecule has 0 aliphatic carbocycles. The molecule has 4 rings (SSSR count). The zero-order chi connectivity index (χ0) is 31.5. The molecule has 2 heterocycles. The summed E-state index contributed by atoms with van der Waals surface area (Å²) in [5, 5.41) is 3.85. The molecule has 11 heteroatoms. The fourth-order valence-electron chi connectivity index (χ4n) is 4.91. The highest BCUT2D eigenvalue weighted by atomic mass is 32.1. The highest BCUT2D eigenvalue weighted by Gasteiger charge is 2.40. The van der Waals surface area contributed by atoms with Gasteiger partial charge in [0.2, 0.25) is 0 Å². The van der Waals surface area contributed by atoms with E-state index in [2.05, 4.69) is 0 Å². The Bertz CT molecular complexity index is 1430. The van der Waals surface area contributed by atoms with Gasteiger partial charge >= 0.3 is 11.9 Å². The van der Waals surface area contributed by atoms with Crippen LogP contribution in [0.25, 0.3) is 11.1 Å². The molecule has 0 radical (unpaired) electrons. The minimum atomic E-state index is -2.90. The second kappa shape index (κ2) is 15.7. The largest absolute Gasteiger partial charge is 0.493 e. The monoisotopic (exact) mass is 629 g/mol. The maximum atomic E-state index is 13.9. The highest BCUT2D eigenvalue weighted by Crippen LogP contribution is 2.33. The molecule has 1 fully saturated rings. The second-order valence-electron chi connectivity index (χ2n) is 10.3. The van der Waals surface area contributed by atoms with Crippen molar-refractivity contribution in [3.63, 3.8) is 0 Å². The van der Waals surface area contributed by atoms with Crippen LogP contribution in [0.1, 0.15) is 61.0 Å². The van der Waals surface area contributed by atoms with Gasteiger partial charge in [-0.15, -0.1) is 0 Å². The number of hydrogen-bond donors (Lipinski definition) is 0. The van der Waals surface area contributed by atoms with Gasteiger partial charge in [-0.25, -0.2) is 8.78 Å². The number of ether oxygens (including phenoxy) is 4. The van der Waals surface area contributed by atoms with Crippen molar-refractivity contribution in [3.05, 3.63) is 69.9 Å². The molecule has 1 aliphatic heterocycles. The van der Waals surface area contributed by atoms with Crippen LogP contribution in [0.15, 0.2) is 53.2 Å². The molecule has 0 bridgehead atoms. The molecule has 236 valence electrons. The summed E-state index contributed by atoms with van der Waals surface area (Å²) in [4.78, 5) is 38.3. The summed E-state index contributed by atoms with van der Waals surface area (Å²) in [6.07, 6.45) is 0.809. The second-order valence-corrected chi connectivity index (χ2v) is 11.1. The van der Waals surface area contributed by atoms with E-state index in [1.807, 2.05) is 35.0 Å². The van der Waals surface area contributed by atoms with Gasteiger partial charge in [-0.3, -0.25) is 14.4 Å². The molecule has 1 amide bonds. The molecule has 1 saturated heterocycles. The van der Waals surface area contributed by atoms with Crippen molar-refractivity contribution < 1.29 is 42.1 Å². The number of thiophene rings is 1. The topological polar surface area (TPSA) is 91.4 Å². The van der Waals surface area contributed by atoms with Crippen LogP contribution < -0.4 is 9.47 Å². The normalized spacial score (nSPS) is 13.9. The lowest BCUT2D eigenvalue weighted by atomic mass is 10.0. The van der Waals surface area contributed by atoms with Gasteiger partial charge in [0.25, 0.3) is 11.8 Å². The fourth-order valence-corrected chi connectivity index (χ4v) is 5.58. The van der Waals surface area contributed by atoms with E-state index in [0.717, 1.165) is 22.3 Å². The van der Waals surface area contributed by atoms with Crippen LogP contribution in [-0.2, 0) is 32.1 Å². The molecule has 0 unspecified atom stereocenters. The number of benzene rings is 2. The molecule has 0 atom stereocenters. The summed E-state index contributed by atoms with van der Waals surface area (Å²) in [6, 6.07) is 12.5. The van der Waals surface area contributed by atoms with Crippen LogP contribution >= 0.6 is 11.3 Å². The zero-order valence-electron chi connectivity index (χ0n) is 24.9. The quantitative estimate of drug-likeness (QED) is 0.137. The summed E-state index contributed by atoms with van der Waals surface area (Å²) >= 11 is 1.50. The minimum absolute atomic E-state index is 0.0128. The van der Waals surface area contributed by atoms with Gasteiger partial charge in [-0.05, 0) is 84.5 Å². The molecule has 8 nitrogen and oxygen atoms in total. The lowest BCUT2D eigenvalue weighted by molar-refractivity contribution is -0.144. The number of nitrogens with zero attached hydrogens (tertiary/aromatic N) is 1. The van der Waals surface area contributed by atoms with Crippen molar-refractivity contribution in [1.82, 2.24) is 4.90 Å². The van der Waals surface area contributed by atoms with Crippen LogP contribution in [0, 0.1) is 0 Å². The van der Waals surface area contributed by atoms with E-state index in [1.54, 1.807) is 32.0 Å². The number of rotatable bonds is 15. The van der Waals surface area contributed by atoms with E-state index in [0.29, 0.717) is 30.9 Å². The molecular formula is C33H37F2NO7S. The fraction of sp³-hybridized carbons (Fsp3) is 0.424. The lowest BCUT2D eigenvalue weighted by Crippen LogP contribution is -2.31. The third kappa shape index (κ3) is 9.25. The first kappa shape index (κ1) is 32.9. The zero-order valence-corrected chi connectivity index (χ0v) is 25.8. The van der Waals surface area contributed by atoms with Gasteiger partial charge in [-0.2, -0.15) is 11.3 Å². The standard InChI is InChI=1S/C33H37F2NO7S/c1-3-40-30(37)9-6-15-42-29-8-5-7-23(28(29)10-11-31(38)41-4-2)20-43-27-18-25(24-12-16-44-21-24)17-26(19-27)32(39)36-14-13-33(34,35)22-36/h5,7-8,12,16-19,21H,3-4,6,9-11,13-15,20,22H2,1-2H3. The lowest BCUT2D eigenvalue weighted by Gasteiger charge is -2.19. The summed E-state index contributed by atoms with van der Waals surface area (Å²) < 4.78 is 50.1. The third-order valence-corrected chi connectivity index (χ3v) is 7.75. The summed E-state index contributed by atoms with van der Waals surface area (Å²) in [6.45, 7) is 3.85. The average Bonchev–Trinajstić information content (AvgIpc) is 3.67. The van der Waals surface area contributed by atoms with Crippen molar-refractivity contribution in [2.75, 3.05) is 32.9 Å². The van der Waals surface area contributed by atoms with Crippen LogP contribution in [0.2, 0.25) is 0 Å². The first-order chi connectivity index (χ1) is 21.2. The number of likely N-dealkylation sites (tertiary alicyclic amines) is 1. The van der Waals surface area contributed by atoms with Crippen molar-refractivity contribution >= 4 is 29.2 Å². The van der Waals surface area contributed by atoms with Crippen molar-refractivity contribution in [3.8, 4) is 22.6 Å². The van der Waals surface area contributed by atoms with Gasteiger partial charge in [0, 0.05) is 36.9 Å². The maximum absolute atomic E-state index is 13.9. The number of hydrogen-bond acceptors (Lipinski definition) is 8. The molecule has 2 aromatic carbocycles. The predicted octanol–water partition coefficient (Wildman–Crippen LogP) is 6.69. The Morgan fingerprint density at radius 1 is 0.955 bits per heavy atom. The van der Waals surface area contributed by atoms with Crippen LogP contribution in [-0.4, -0.2) is 61.6 Å². The van der Waals surface area contributed by atoms with E-state index in [9.17, 15) is 23.2 Å². The number of carbonyl (C=O) groups excluding carboxylic acids is 3. The third-order valence-electron chi connectivity index (χ3n) is 7.06. The molecule has 3 aromatic rings. The van der Waals surface area contributed by atoms with Gasteiger partial charge in [-0.1, -0.05) is 12.1 Å². The molecule has 1 aliphatic rings. The number of esters is 2. The van der Waals surface area contributed by atoms with Gasteiger partial charge in [0.15, 0.2) is 0 Å². The number of amides is 1. The first-order valence-electron chi connectivity index (χ1n) is 14.7. The Morgan fingerprint density at radius 3 is 2.41 bits per heavy atom. The van der Waals surface area contributed by atoms with E-state index in [4.69, 9.17) is 18.9 Å². The molecule has 0 spiro atoms. The summed E-state index contributed by atoms with van der Waals surface area (Å²) in [5.74, 6) is -3.03. The Hall–Kier alpha value is -3.99. The summed E-state index contributed by atoms with van der Waals surface area (Å²) in [5.41, 5.74) is 3.42. The Labute approximate surface area is 259 Å². The van der Waals surface area contributed by atoms with E-state index in [-0.39, 0.29) is 63.1 Å². The predicted molar refractivity (Wildman–Crippen MR) is 162 cm³/mol. The van der Waals surface area contributed by atoms with Crippen LogP contribution in [0.5, 0.6) is 11.5 Å². The SMILES string of the molecule is CCOC(=O)CCCOc1cccc(COc2cc(C(=O)N3CCC(F)(F)C3)cc(-c3ccsc3)c2)c1CCC(=O)OCC. The van der Waals surface area contributed by atoms with Crippen molar-refractivity contribution in [2.24, 2.45) is 0 Å². The van der Waals surface area contributed by atoms with Crippen molar-refractivity contribution in [1.29, 1.82) is 0 Å². The first-order valence-corrected chi connectivity index (χ1v) is 15.7. The number of alkyl halides is 2. The maximum Gasteiger partial charge on any atom is 0.306 e. The van der Waals surface area contributed by atoms with E-state index >= 15 is 0 Å².